The molecule has 0 bridgehead atoms. The van der Waals surface area contributed by atoms with Crippen molar-refractivity contribution < 1.29 is 28.5 Å². The van der Waals surface area contributed by atoms with E-state index in [4.69, 9.17) is 23.7 Å². The Morgan fingerprint density at radius 3 is 2.36 bits per heavy atom. The van der Waals surface area contributed by atoms with Crippen molar-refractivity contribution in [3.05, 3.63) is 60.3 Å². The number of nitrogens with zero attached hydrogens (tertiary/aromatic N) is 3. The second kappa shape index (κ2) is 9.17. The molecule has 0 fully saturated rings. The first-order valence-electron chi connectivity index (χ1n) is 8.16. The zero-order chi connectivity index (χ0) is 19.8. The molecule has 0 spiro atoms. The second-order valence-corrected chi connectivity index (χ2v) is 5.27. The van der Waals surface area contributed by atoms with Crippen molar-refractivity contribution in [3.63, 3.8) is 0 Å². The second-order valence-electron chi connectivity index (χ2n) is 5.27. The van der Waals surface area contributed by atoms with E-state index in [0.29, 0.717) is 0 Å². The van der Waals surface area contributed by atoms with Crippen LogP contribution < -0.4 is 18.9 Å². The van der Waals surface area contributed by atoms with Crippen molar-refractivity contribution in [2.45, 2.75) is 6.61 Å². The molecule has 1 aromatic carbocycles. The lowest BCUT2D eigenvalue weighted by atomic mass is 10.2. The molecule has 0 saturated heterocycles. The molecular weight excluding hydrogens is 366 g/mol. The maximum Gasteiger partial charge on any atom is 0.515 e. The van der Waals surface area contributed by atoms with Crippen LogP contribution in [0.2, 0.25) is 0 Å². The summed E-state index contributed by atoms with van der Waals surface area (Å²) in [7, 11) is 2.90. The molecule has 9 nitrogen and oxygen atoms in total. The van der Waals surface area contributed by atoms with E-state index >= 15 is 0 Å². The molecule has 0 unspecified atom stereocenters. The van der Waals surface area contributed by atoms with E-state index in [9.17, 15) is 4.79 Å². The van der Waals surface area contributed by atoms with Gasteiger partial charge in [0, 0.05) is 6.20 Å². The first-order chi connectivity index (χ1) is 13.7. The maximum atomic E-state index is 12.0. The van der Waals surface area contributed by atoms with Crippen molar-refractivity contribution in [1.29, 1.82) is 0 Å². The Morgan fingerprint density at radius 2 is 1.68 bits per heavy atom. The fourth-order valence-electron chi connectivity index (χ4n) is 2.09. The highest BCUT2D eigenvalue weighted by molar-refractivity contribution is 5.64. The SMILES string of the molecule is COc1cc(OC)nc(Oc2cccnc2OC(=O)OCc2ccccc2)n1. The van der Waals surface area contributed by atoms with E-state index in [1.165, 1.54) is 26.5 Å². The standard InChI is InChI=1S/C19H17N3O6/c1-24-15-11-16(25-2)22-18(21-15)27-14-9-6-10-20-17(14)28-19(23)26-12-13-7-4-3-5-8-13/h3-11H,12H2,1-2H3. The molecule has 0 aliphatic heterocycles. The van der Waals surface area contributed by atoms with Gasteiger partial charge in [0.15, 0.2) is 5.75 Å². The largest absolute Gasteiger partial charge is 0.515 e. The normalized spacial score (nSPS) is 10.1. The van der Waals surface area contributed by atoms with Gasteiger partial charge in [-0.05, 0) is 17.7 Å². The van der Waals surface area contributed by atoms with Gasteiger partial charge < -0.3 is 23.7 Å². The van der Waals surface area contributed by atoms with E-state index in [1.807, 2.05) is 30.3 Å². The van der Waals surface area contributed by atoms with Crippen molar-refractivity contribution >= 4 is 6.16 Å². The van der Waals surface area contributed by atoms with Crippen molar-refractivity contribution in [3.8, 4) is 29.4 Å². The molecule has 0 radical (unpaired) electrons. The molecule has 0 N–H and O–H groups in total. The van der Waals surface area contributed by atoms with Gasteiger partial charge in [0.2, 0.25) is 11.8 Å². The van der Waals surface area contributed by atoms with Crippen LogP contribution in [0.25, 0.3) is 0 Å². The van der Waals surface area contributed by atoms with E-state index in [-0.39, 0.29) is 36.0 Å². The van der Waals surface area contributed by atoms with Crippen molar-refractivity contribution in [1.82, 2.24) is 15.0 Å². The average molecular weight is 383 g/mol. The van der Waals surface area contributed by atoms with Gasteiger partial charge in [0.05, 0.1) is 20.3 Å². The van der Waals surface area contributed by atoms with Crippen LogP contribution in [0.4, 0.5) is 4.79 Å². The summed E-state index contributed by atoms with van der Waals surface area (Å²) in [6, 6.07) is 13.8. The molecule has 2 aromatic heterocycles. The van der Waals surface area contributed by atoms with Crippen LogP contribution >= 0.6 is 0 Å². The summed E-state index contributed by atoms with van der Waals surface area (Å²) in [5.74, 6) is 0.520. The highest BCUT2D eigenvalue weighted by Gasteiger charge is 2.16. The number of aromatic nitrogens is 3. The Morgan fingerprint density at radius 1 is 0.964 bits per heavy atom. The lowest BCUT2D eigenvalue weighted by Gasteiger charge is -2.10. The summed E-state index contributed by atoms with van der Waals surface area (Å²) in [5, 5.41) is 0. The average Bonchev–Trinajstić information content (AvgIpc) is 2.74. The zero-order valence-electron chi connectivity index (χ0n) is 15.2. The Balaban J connectivity index is 1.70. The molecule has 0 aliphatic rings. The van der Waals surface area contributed by atoms with E-state index < -0.39 is 6.16 Å². The quantitative estimate of drug-likeness (QED) is 0.568. The third-order valence-corrected chi connectivity index (χ3v) is 3.39. The molecule has 0 aliphatic carbocycles. The third-order valence-electron chi connectivity index (χ3n) is 3.39. The smallest absolute Gasteiger partial charge is 0.481 e. The number of carbonyl (C=O) groups is 1. The molecule has 0 saturated carbocycles. The predicted molar refractivity (Wildman–Crippen MR) is 96.7 cm³/mol. The summed E-state index contributed by atoms with van der Waals surface area (Å²) in [5.41, 5.74) is 0.828. The lowest BCUT2D eigenvalue weighted by Crippen LogP contribution is -2.12. The van der Waals surface area contributed by atoms with Gasteiger partial charge >= 0.3 is 12.2 Å². The molecule has 0 atom stereocenters. The molecule has 9 heteroatoms. The molecule has 2 heterocycles. The molecule has 0 amide bonds. The van der Waals surface area contributed by atoms with Gasteiger partial charge in [-0.1, -0.05) is 30.3 Å². The van der Waals surface area contributed by atoms with Crippen LogP contribution in [0, 0.1) is 0 Å². The molecule has 144 valence electrons. The number of methoxy groups -OCH3 is 2. The van der Waals surface area contributed by atoms with Crippen LogP contribution in [-0.4, -0.2) is 35.3 Å². The minimum atomic E-state index is -0.920. The summed E-state index contributed by atoms with van der Waals surface area (Å²) in [6.07, 6.45) is 0.524. The van der Waals surface area contributed by atoms with E-state index in [1.54, 1.807) is 12.1 Å². The summed E-state index contributed by atoms with van der Waals surface area (Å²) >= 11 is 0. The highest BCUT2D eigenvalue weighted by atomic mass is 16.7. The minimum absolute atomic E-state index is 0.0632. The van der Waals surface area contributed by atoms with Gasteiger partial charge in [-0.15, -0.1) is 0 Å². The lowest BCUT2D eigenvalue weighted by molar-refractivity contribution is 0.0901. The third kappa shape index (κ3) is 5.07. The predicted octanol–water partition coefficient (Wildman–Crippen LogP) is 3.40. The van der Waals surface area contributed by atoms with Gasteiger partial charge in [-0.2, -0.15) is 9.97 Å². The van der Waals surface area contributed by atoms with Crippen molar-refractivity contribution in [2.75, 3.05) is 14.2 Å². The van der Waals surface area contributed by atoms with Gasteiger partial charge in [0.1, 0.15) is 6.61 Å². The van der Waals surface area contributed by atoms with Crippen LogP contribution in [0.3, 0.4) is 0 Å². The summed E-state index contributed by atoms with van der Waals surface area (Å²) in [4.78, 5) is 24.1. The monoisotopic (exact) mass is 383 g/mol. The van der Waals surface area contributed by atoms with Crippen molar-refractivity contribution in [2.24, 2.45) is 0 Å². The molecule has 3 aromatic rings. The van der Waals surface area contributed by atoms with Gasteiger partial charge in [-0.3, -0.25) is 0 Å². The Kier molecular flexibility index (Phi) is 6.19. The molecule has 28 heavy (non-hydrogen) atoms. The van der Waals surface area contributed by atoms with Gasteiger partial charge in [0.25, 0.3) is 5.88 Å². The fraction of sp³-hybridized carbons (Fsp3) is 0.158. The minimum Gasteiger partial charge on any atom is -0.481 e. The number of pyridine rings is 1. The van der Waals surface area contributed by atoms with E-state index in [0.717, 1.165) is 5.56 Å². The van der Waals surface area contributed by atoms with Gasteiger partial charge in [-0.25, -0.2) is 9.78 Å². The number of benzene rings is 1. The number of carbonyl (C=O) groups excluding carboxylic acids is 1. The van der Waals surface area contributed by atoms with Crippen LogP contribution in [-0.2, 0) is 11.3 Å². The first kappa shape index (κ1) is 18.9. The van der Waals surface area contributed by atoms with Crippen LogP contribution in [0.15, 0.2) is 54.7 Å². The number of hydrogen-bond donors (Lipinski definition) is 0. The van der Waals surface area contributed by atoms with E-state index in [2.05, 4.69) is 15.0 Å². The topological polar surface area (TPSA) is 102 Å². The van der Waals surface area contributed by atoms with Crippen LogP contribution in [0.1, 0.15) is 5.56 Å². The fourth-order valence-corrected chi connectivity index (χ4v) is 2.09. The Bertz CT molecular complexity index is 914. The Labute approximate surface area is 160 Å². The number of hydrogen-bond acceptors (Lipinski definition) is 9. The first-order valence-corrected chi connectivity index (χ1v) is 8.16. The summed E-state index contributed by atoms with van der Waals surface area (Å²) < 4.78 is 25.9. The molecule has 3 rings (SSSR count). The number of ether oxygens (including phenoxy) is 5. The Hall–Kier alpha value is -3.88. The summed E-state index contributed by atoms with van der Waals surface area (Å²) in [6.45, 7) is 0.0683. The highest BCUT2D eigenvalue weighted by Crippen LogP contribution is 2.29. The zero-order valence-corrected chi connectivity index (χ0v) is 15.2. The van der Waals surface area contributed by atoms with Crippen LogP contribution in [0.5, 0.6) is 29.4 Å². The molecular formula is C19H17N3O6. The number of rotatable bonds is 7. The maximum absolute atomic E-state index is 12.0.